The zero-order valence-corrected chi connectivity index (χ0v) is 8.25. The fourth-order valence-corrected chi connectivity index (χ4v) is 1.32. The Bertz CT molecular complexity index is 105. The van der Waals surface area contributed by atoms with Gasteiger partial charge in [0.1, 0.15) is 0 Å². The molecule has 0 aliphatic carbocycles. The molecule has 3 nitrogen and oxygen atoms in total. The normalized spacial score (nSPS) is 25.5. The first-order valence-corrected chi connectivity index (χ1v) is 4.74. The SMILES string of the molecule is CN1CCCOCCN(C)CC1. The molecule has 0 aromatic heterocycles. The maximum Gasteiger partial charge on any atom is 0.0593 e. The Morgan fingerprint density at radius 2 is 1.50 bits per heavy atom. The summed E-state index contributed by atoms with van der Waals surface area (Å²) in [6, 6.07) is 0. The highest BCUT2D eigenvalue weighted by Crippen LogP contribution is 1.94. The van der Waals surface area contributed by atoms with Crippen molar-refractivity contribution in [2.75, 3.05) is 53.5 Å². The van der Waals surface area contributed by atoms with Gasteiger partial charge in [0.15, 0.2) is 0 Å². The van der Waals surface area contributed by atoms with E-state index in [2.05, 4.69) is 23.9 Å². The van der Waals surface area contributed by atoms with Crippen LogP contribution < -0.4 is 0 Å². The third kappa shape index (κ3) is 4.04. The van der Waals surface area contributed by atoms with Gasteiger partial charge in [-0.3, -0.25) is 0 Å². The second-order valence-electron chi connectivity index (χ2n) is 3.57. The Balaban J connectivity index is 2.23. The molecule has 0 N–H and O–H groups in total. The first-order chi connectivity index (χ1) is 5.79. The van der Waals surface area contributed by atoms with E-state index in [1.54, 1.807) is 0 Å². The Kier molecular flexibility index (Phi) is 4.58. The predicted octanol–water partition coefficient (Wildman–Crippen LogP) is 0.270. The minimum absolute atomic E-state index is 0.889. The first kappa shape index (κ1) is 9.96. The van der Waals surface area contributed by atoms with Gasteiger partial charge in [-0.05, 0) is 20.5 Å². The fourth-order valence-electron chi connectivity index (χ4n) is 1.32. The van der Waals surface area contributed by atoms with Crippen molar-refractivity contribution >= 4 is 0 Å². The van der Waals surface area contributed by atoms with Crippen LogP contribution in [0.2, 0.25) is 0 Å². The van der Waals surface area contributed by atoms with Gasteiger partial charge in [0.05, 0.1) is 6.61 Å². The molecule has 1 saturated heterocycles. The van der Waals surface area contributed by atoms with Gasteiger partial charge in [-0.1, -0.05) is 0 Å². The van der Waals surface area contributed by atoms with E-state index in [0.717, 1.165) is 32.8 Å². The van der Waals surface area contributed by atoms with Gasteiger partial charge in [0, 0.05) is 32.8 Å². The lowest BCUT2D eigenvalue weighted by Crippen LogP contribution is -2.34. The summed E-state index contributed by atoms with van der Waals surface area (Å²) in [5, 5.41) is 0. The van der Waals surface area contributed by atoms with Crippen molar-refractivity contribution in [1.82, 2.24) is 9.80 Å². The van der Waals surface area contributed by atoms with E-state index in [1.807, 2.05) is 0 Å². The molecule has 0 spiro atoms. The summed E-state index contributed by atoms with van der Waals surface area (Å²) < 4.78 is 5.46. The van der Waals surface area contributed by atoms with Crippen molar-refractivity contribution in [2.45, 2.75) is 6.42 Å². The third-order valence-corrected chi connectivity index (χ3v) is 2.31. The van der Waals surface area contributed by atoms with Gasteiger partial charge in [0.2, 0.25) is 0 Å². The predicted molar refractivity (Wildman–Crippen MR) is 50.4 cm³/mol. The Morgan fingerprint density at radius 1 is 0.833 bits per heavy atom. The summed E-state index contributed by atoms with van der Waals surface area (Å²) in [5.41, 5.74) is 0. The Labute approximate surface area is 75.3 Å². The number of ether oxygens (including phenoxy) is 1. The quantitative estimate of drug-likeness (QED) is 0.521. The van der Waals surface area contributed by atoms with E-state index in [4.69, 9.17) is 4.74 Å². The third-order valence-electron chi connectivity index (χ3n) is 2.31. The highest BCUT2D eigenvalue weighted by atomic mass is 16.5. The maximum atomic E-state index is 5.46. The minimum Gasteiger partial charge on any atom is -0.380 e. The van der Waals surface area contributed by atoms with Crippen molar-refractivity contribution < 1.29 is 4.74 Å². The molecule has 0 aromatic carbocycles. The summed E-state index contributed by atoms with van der Waals surface area (Å²) in [6.07, 6.45) is 1.17. The van der Waals surface area contributed by atoms with Gasteiger partial charge in [-0.2, -0.15) is 0 Å². The molecule has 1 aliphatic heterocycles. The van der Waals surface area contributed by atoms with Crippen LogP contribution in [-0.2, 0) is 4.74 Å². The summed E-state index contributed by atoms with van der Waals surface area (Å²) >= 11 is 0. The van der Waals surface area contributed by atoms with E-state index in [9.17, 15) is 0 Å². The standard InChI is InChI=1S/C9H20N2O/c1-10-4-3-8-12-9-7-11(2)6-5-10/h3-9H2,1-2H3. The molecule has 0 saturated carbocycles. The molecular weight excluding hydrogens is 152 g/mol. The van der Waals surface area contributed by atoms with Crippen LogP contribution in [0, 0.1) is 0 Å². The molecule has 3 heteroatoms. The zero-order chi connectivity index (χ0) is 8.81. The first-order valence-electron chi connectivity index (χ1n) is 4.74. The van der Waals surface area contributed by atoms with Crippen LogP contribution in [0.1, 0.15) is 6.42 Å². The van der Waals surface area contributed by atoms with Crippen molar-refractivity contribution in [3.8, 4) is 0 Å². The number of hydrogen-bond acceptors (Lipinski definition) is 3. The molecule has 72 valence electrons. The van der Waals surface area contributed by atoms with Gasteiger partial charge >= 0.3 is 0 Å². The number of likely N-dealkylation sites (N-methyl/N-ethyl adjacent to an activating group) is 2. The van der Waals surface area contributed by atoms with E-state index in [1.165, 1.54) is 13.0 Å². The molecular formula is C9H20N2O. The molecule has 1 aliphatic rings. The summed E-state index contributed by atoms with van der Waals surface area (Å²) in [5.74, 6) is 0. The lowest BCUT2D eigenvalue weighted by atomic mass is 10.4. The fraction of sp³-hybridized carbons (Fsp3) is 1.00. The molecule has 0 bridgehead atoms. The van der Waals surface area contributed by atoms with Gasteiger partial charge < -0.3 is 14.5 Å². The minimum atomic E-state index is 0.889. The average Bonchev–Trinajstić information content (AvgIpc) is 2.07. The maximum absolute atomic E-state index is 5.46. The number of hydrogen-bond donors (Lipinski definition) is 0. The highest BCUT2D eigenvalue weighted by molar-refractivity contribution is 4.58. The second kappa shape index (κ2) is 5.51. The number of rotatable bonds is 0. The van der Waals surface area contributed by atoms with Crippen LogP contribution in [0.5, 0.6) is 0 Å². The van der Waals surface area contributed by atoms with Crippen LogP contribution in [0.25, 0.3) is 0 Å². The van der Waals surface area contributed by atoms with Crippen molar-refractivity contribution in [3.05, 3.63) is 0 Å². The largest absolute Gasteiger partial charge is 0.380 e. The van der Waals surface area contributed by atoms with Crippen LogP contribution in [-0.4, -0.2) is 63.3 Å². The molecule has 0 unspecified atom stereocenters. The molecule has 1 fully saturated rings. The van der Waals surface area contributed by atoms with E-state index in [-0.39, 0.29) is 0 Å². The molecule has 12 heavy (non-hydrogen) atoms. The molecule has 0 aromatic rings. The van der Waals surface area contributed by atoms with Crippen molar-refractivity contribution in [1.29, 1.82) is 0 Å². The van der Waals surface area contributed by atoms with Crippen LogP contribution >= 0.6 is 0 Å². The monoisotopic (exact) mass is 172 g/mol. The van der Waals surface area contributed by atoms with Gasteiger partial charge in [-0.25, -0.2) is 0 Å². The Morgan fingerprint density at radius 3 is 2.25 bits per heavy atom. The van der Waals surface area contributed by atoms with E-state index < -0.39 is 0 Å². The topological polar surface area (TPSA) is 15.7 Å². The molecule has 0 amide bonds. The van der Waals surface area contributed by atoms with Gasteiger partial charge in [-0.15, -0.1) is 0 Å². The lowest BCUT2D eigenvalue weighted by Gasteiger charge is -2.23. The van der Waals surface area contributed by atoms with Crippen molar-refractivity contribution in [3.63, 3.8) is 0 Å². The summed E-state index contributed by atoms with van der Waals surface area (Å²) in [4.78, 5) is 4.69. The van der Waals surface area contributed by atoms with Gasteiger partial charge in [0.25, 0.3) is 0 Å². The van der Waals surface area contributed by atoms with Crippen LogP contribution in [0.15, 0.2) is 0 Å². The van der Waals surface area contributed by atoms with E-state index >= 15 is 0 Å². The Hall–Kier alpha value is -0.120. The number of nitrogens with zero attached hydrogens (tertiary/aromatic N) is 2. The van der Waals surface area contributed by atoms with Crippen LogP contribution in [0.4, 0.5) is 0 Å². The molecule has 1 rings (SSSR count). The van der Waals surface area contributed by atoms with Crippen molar-refractivity contribution in [2.24, 2.45) is 0 Å². The second-order valence-corrected chi connectivity index (χ2v) is 3.57. The molecule has 0 atom stereocenters. The van der Waals surface area contributed by atoms with E-state index in [0.29, 0.717) is 0 Å². The molecule has 1 heterocycles. The summed E-state index contributed by atoms with van der Waals surface area (Å²) in [7, 11) is 4.33. The highest BCUT2D eigenvalue weighted by Gasteiger charge is 2.04. The smallest absolute Gasteiger partial charge is 0.0593 e. The average molecular weight is 172 g/mol. The lowest BCUT2D eigenvalue weighted by molar-refractivity contribution is 0.0899. The zero-order valence-electron chi connectivity index (χ0n) is 8.25. The van der Waals surface area contributed by atoms with Crippen LogP contribution in [0.3, 0.4) is 0 Å². The molecule has 0 radical (unpaired) electrons. The summed E-state index contributed by atoms with van der Waals surface area (Å²) in [6.45, 7) is 6.36.